The van der Waals surface area contributed by atoms with Crippen LogP contribution in [0.1, 0.15) is 24.5 Å². The molecule has 2 N–H and O–H groups in total. The van der Waals surface area contributed by atoms with Gasteiger partial charge in [-0.05, 0) is 43.9 Å². The van der Waals surface area contributed by atoms with E-state index in [0.717, 1.165) is 18.4 Å². The van der Waals surface area contributed by atoms with Crippen LogP contribution in [0.25, 0.3) is 0 Å². The van der Waals surface area contributed by atoms with Gasteiger partial charge in [0.25, 0.3) is 0 Å². The summed E-state index contributed by atoms with van der Waals surface area (Å²) in [4.78, 5) is 0. The maximum Gasteiger partial charge on any atom is 0.126 e. The van der Waals surface area contributed by atoms with E-state index in [1.807, 2.05) is 19.1 Å². The fraction of sp³-hybridized carbons (Fsp3) is 0.455. The Labute approximate surface area is 78.8 Å². The average molecular weight is 181 g/mol. The van der Waals surface area contributed by atoms with Gasteiger partial charge in [-0.2, -0.15) is 0 Å². The number of benzene rings is 1. The number of hydrogen-bond donors (Lipinski definition) is 1. The summed E-state index contributed by atoms with van der Waals surface area (Å²) in [6.07, 6.45) is 1.76. The summed E-state index contributed by atoms with van der Waals surface area (Å²) in [5, 5.41) is 0. The molecule has 1 aromatic carbocycles. The average Bonchev–Trinajstić information content (AvgIpc) is 2.07. The van der Waals surface area contributed by atoms with Gasteiger partial charge in [0.15, 0.2) is 0 Å². The maximum absolute atomic E-state index is 13.1. The van der Waals surface area contributed by atoms with Crippen molar-refractivity contribution in [2.75, 3.05) is 0 Å². The van der Waals surface area contributed by atoms with Gasteiger partial charge in [-0.25, -0.2) is 4.39 Å². The molecule has 72 valence electrons. The van der Waals surface area contributed by atoms with Crippen LogP contribution in [0.4, 0.5) is 4.39 Å². The molecular weight excluding hydrogens is 165 g/mol. The van der Waals surface area contributed by atoms with Crippen molar-refractivity contribution < 1.29 is 4.39 Å². The van der Waals surface area contributed by atoms with Gasteiger partial charge in [0.2, 0.25) is 0 Å². The molecule has 2 heteroatoms. The Morgan fingerprint density at radius 3 is 2.69 bits per heavy atom. The van der Waals surface area contributed by atoms with Crippen molar-refractivity contribution in [2.45, 2.75) is 32.7 Å². The highest BCUT2D eigenvalue weighted by molar-refractivity contribution is 5.23. The predicted molar refractivity (Wildman–Crippen MR) is 53.1 cm³/mol. The van der Waals surface area contributed by atoms with Crippen molar-refractivity contribution >= 4 is 0 Å². The summed E-state index contributed by atoms with van der Waals surface area (Å²) in [7, 11) is 0. The summed E-state index contributed by atoms with van der Waals surface area (Å²) in [6.45, 7) is 3.73. The van der Waals surface area contributed by atoms with Gasteiger partial charge in [-0.15, -0.1) is 0 Å². The van der Waals surface area contributed by atoms with Crippen molar-refractivity contribution in [3.63, 3.8) is 0 Å². The zero-order chi connectivity index (χ0) is 9.84. The van der Waals surface area contributed by atoms with E-state index >= 15 is 0 Å². The lowest BCUT2D eigenvalue weighted by molar-refractivity contribution is 0.611. The van der Waals surface area contributed by atoms with E-state index < -0.39 is 0 Å². The lowest BCUT2D eigenvalue weighted by atomic mass is 10.0. The second-order valence-electron chi connectivity index (χ2n) is 3.60. The molecular formula is C11H16FN. The van der Waals surface area contributed by atoms with Crippen molar-refractivity contribution in [1.82, 2.24) is 0 Å². The molecule has 0 saturated heterocycles. The van der Waals surface area contributed by atoms with E-state index in [1.165, 1.54) is 0 Å². The molecule has 1 nitrogen and oxygen atoms in total. The molecule has 0 bridgehead atoms. The Morgan fingerprint density at radius 1 is 1.46 bits per heavy atom. The normalized spacial score (nSPS) is 12.9. The van der Waals surface area contributed by atoms with E-state index in [1.54, 1.807) is 13.0 Å². The van der Waals surface area contributed by atoms with E-state index in [4.69, 9.17) is 5.73 Å². The van der Waals surface area contributed by atoms with E-state index in [0.29, 0.717) is 5.56 Å². The van der Waals surface area contributed by atoms with Crippen LogP contribution >= 0.6 is 0 Å². The number of hydrogen-bond acceptors (Lipinski definition) is 1. The Morgan fingerprint density at radius 2 is 2.15 bits per heavy atom. The number of aryl methyl sites for hydroxylation is 2. The predicted octanol–water partition coefficient (Wildman–Crippen LogP) is 2.41. The second-order valence-corrected chi connectivity index (χ2v) is 3.60. The van der Waals surface area contributed by atoms with E-state index in [-0.39, 0.29) is 11.9 Å². The molecule has 1 aromatic rings. The summed E-state index contributed by atoms with van der Waals surface area (Å²) >= 11 is 0. The number of rotatable bonds is 3. The molecule has 0 radical (unpaired) electrons. The highest BCUT2D eigenvalue weighted by Gasteiger charge is 2.00. The lowest BCUT2D eigenvalue weighted by Crippen LogP contribution is -2.15. The number of halogens is 1. The fourth-order valence-electron chi connectivity index (χ4n) is 1.19. The first-order chi connectivity index (χ1) is 6.09. The molecule has 0 aliphatic carbocycles. The molecule has 0 aliphatic heterocycles. The first kappa shape index (κ1) is 10.2. The van der Waals surface area contributed by atoms with Crippen LogP contribution < -0.4 is 5.73 Å². The van der Waals surface area contributed by atoms with Crippen LogP contribution in [-0.2, 0) is 6.42 Å². The van der Waals surface area contributed by atoms with Crippen LogP contribution in [-0.4, -0.2) is 6.04 Å². The number of nitrogens with two attached hydrogens (primary N) is 1. The topological polar surface area (TPSA) is 26.0 Å². The molecule has 0 aliphatic rings. The van der Waals surface area contributed by atoms with Gasteiger partial charge in [0.1, 0.15) is 5.82 Å². The quantitative estimate of drug-likeness (QED) is 0.761. The van der Waals surface area contributed by atoms with Gasteiger partial charge in [-0.1, -0.05) is 12.1 Å². The zero-order valence-corrected chi connectivity index (χ0v) is 8.18. The van der Waals surface area contributed by atoms with Gasteiger partial charge < -0.3 is 5.73 Å². The molecule has 13 heavy (non-hydrogen) atoms. The van der Waals surface area contributed by atoms with Crippen molar-refractivity contribution in [2.24, 2.45) is 5.73 Å². The third-order valence-corrected chi connectivity index (χ3v) is 2.12. The fourth-order valence-corrected chi connectivity index (χ4v) is 1.19. The SMILES string of the molecule is Cc1ccc(CCC(C)N)cc1F. The Bertz CT molecular complexity index is 281. The minimum Gasteiger partial charge on any atom is -0.328 e. The van der Waals surface area contributed by atoms with Gasteiger partial charge >= 0.3 is 0 Å². The van der Waals surface area contributed by atoms with Crippen LogP contribution in [0.5, 0.6) is 0 Å². The van der Waals surface area contributed by atoms with Crippen molar-refractivity contribution in [1.29, 1.82) is 0 Å². The third-order valence-electron chi connectivity index (χ3n) is 2.12. The summed E-state index contributed by atoms with van der Waals surface area (Å²) in [5.74, 6) is -0.123. The molecule has 0 fully saturated rings. The first-order valence-electron chi connectivity index (χ1n) is 4.60. The third kappa shape index (κ3) is 3.15. The standard InChI is InChI=1S/C11H16FN/c1-8-3-5-10(7-11(8)12)6-4-9(2)13/h3,5,7,9H,4,6,13H2,1-2H3. The Hall–Kier alpha value is -0.890. The zero-order valence-electron chi connectivity index (χ0n) is 8.18. The molecule has 0 aromatic heterocycles. The Kier molecular flexibility index (Phi) is 3.43. The highest BCUT2D eigenvalue weighted by atomic mass is 19.1. The van der Waals surface area contributed by atoms with Crippen LogP contribution in [0, 0.1) is 12.7 Å². The van der Waals surface area contributed by atoms with E-state index in [2.05, 4.69) is 0 Å². The smallest absolute Gasteiger partial charge is 0.126 e. The van der Waals surface area contributed by atoms with Crippen molar-refractivity contribution in [3.8, 4) is 0 Å². The monoisotopic (exact) mass is 181 g/mol. The van der Waals surface area contributed by atoms with Crippen LogP contribution in [0.15, 0.2) is 18.2 Å². The minimum absolute atomic E-state index is 0.123. The van der Waals surface area contributed by atoms with Crippen LogP contribution in [0.2, 0.25) is 0 Å². The highest BCUT2D eigenvalue weighted by Crippen LogP contribution is 2.11. The first-order valence-corrected chi connectivity index (χ1v) is 4.60. The molecule has 0 amide bonds. The molecule has 1 unspecified atom stereocenters. The summed E-state index contributed by atoms with van der Waals surface area (Å²) < 4.78 is 13.1. The molecule has 0 heterocycles. The molecule has 1 rings (SSSR count). The Balaban J connectivity index is 2.63. The minimum atomic E-state index is -0.123. The molecule has 0 spiro atoms. The largest absolute Gasteiger partial charge is 0.328 e. The summed E-state index contributed by atoms with van der Waals surface area (Å²) in [6, 6.07) is 5.55. The summed E-state index contributed by atoms with van der Waals surface area (Å²) in [5.41, 5.74) is 7.34. The van der Waals surface area contributed by atoms with Crippen molar-refractivity contribution in [3.05, 3.63) is 35.1 Å². The van der Waals surface area contributed by atoms with Gasteiger partial charge in [0.05, 0.1) is 0 Å². The maximum atomic E-state index is 13.1. The molecule has 0 saturated carbocycles. The van der Waals surface area contributed by atoms with Gasteiger partial charge in [0, 0.05) is 6.04 Å². The lowest BCUT2D eigenvalue weighted by Gasteiger charge is -2.05. The second kappa shape index (κ2) is 4.38. The van der Waals surface area contributed by atoms with Crippen LogP contribution in [0.3, 0.4) is 0 Å². The van der Waals surface area contributed by atoms with Gasteiger partial charge in [-0.3, -0.25) is 0 Å². The van der Waals surface area contributed by atoms with E-state index in [9.17, 15) is 4.39 Å². The molecule has 1 atom stereocenters.